The lowest BCUT2D eigenvalue weighted by molar-refractivity contribution is -0.112. The Labute approximate surface area is 169 Å². The van der Waals surface area contributed by atoms with Crippen LogP contribution in [0.2, 0.25) is 0 Å². The van der Waals surface area contributed by atoms with Crippen LogP contribution in [0.1, 0.15) is 11.1 Å². The highest BCUT2D eigenvalue weighted by atomic mass is 79.9. The van der Waals surface area contributed by atoms with Crippen LogP contribution in [0, 0.1) is 30.6 Å². The summed E-state index contributed by atoms with van der Waals surface area (Å²) in [5.74, 6) is 2.35. The molecule has 130 valence electrons. The first-order chi connectivity index (χ1) is 12.4. The topological polar surface area (TPSA) is 62.1 Å². The molecule has 0 bridgehead atoms. The van der Waals surface area contributed by atoms with Crippen LogP contribution in [-0.4, -0.2) is 12.5 Å². The van der Waals surface area contributed by atoms with Gasteiger partial charge in [0.15, 0.2) is 0 Å². The van der Waals surface area contributed by atoms with Gasteiger partial charge < -0.3 is 10.1 Å². The minimum atomic E-state index is -0.504. The molecular formula is C20H14Br2N2O2. The Bertz CT molecular complexity index is 936. The van der Waals surface area contributed by atoms with Crippen LogP contribution in [0.15, 0.2) is 50.9 Å². The number of carbonyl (C=O) groups is 1. The van der Waals surface area contributed by atoms with Crippen LogP contribution in [0.25, 0.3) is 6.08 Å². The number of ether oxygens (including phenoxy) is 1. The zero-order valence-electron chi connectivity index (χ0n) is 13.8. The van der Waals surface area contributed by atoms with Gasteiger partial charge in [-0.15, -0.1) is 6.42 Å². The van der Waals surface area contributed by atoms with Gasteiger partial charge in [0.05, 0.1) is 4.47 Å². The highest BCUT2D eigenvalue weighted by Gasteiger charge is 2.14. The second kappa shape index (κ2) is 9.24. The van der Waals surface area contributed by atoms with E-state index < -0.39 is 5.91 Å². The van der Waals surface area contributed by atoms with E-state index in [2.05, 4.69) is 43.1 Å². The van der Waals surface area contributed by atoms with Crippen molar-refractivity contribution in [1.82, 2.24) is 0 Å². The van der Waals surface area contributed by atoms with Crippen LogP contribution in [-0.2, 0) is 4.79 Å². The summed E-state index contributed by atoms with van der Waals surface area (Å²) in [6.07, 6.45) is 6.71. The average molecular weight is 474 g/mol. The summed E-state index contributed by atoms with van der Waals surface area (Å²) in [5, 5.41) is 12.1. The third-order valence-corrected chi connectivity index (χ3v) is 4.36. The molecule has 0 spiro atoms. The molecule has 0 unspecified atom stereocenters. The summed E-state index contributed by atoms with van der Waals surface area (Å²) >= 11 is 6.79. The van der Waals surface area contributed by atoms with E-state index in [0.29, 0.717) is 21.5 Å². The Balaban J connectivity index is 2.36. The number of nitrogens with one attached hydrogen (secondary N) is 1. The predicted octanol–water partition coefficient (Wildman–Crippen LogP) is 5.08. The molecule has 2 aromatic rings. The number of aryl methyl sites for hydroxylation is 1. The number of rotatable bonds is 5. The van der Waals surface area contributed by atoms with E-state index in [1.165, 1.54) is 6.08 Å². The second-order valence-electron chi connectivity index (χ2n) is 5.29. The third-order valence-electron chi connectivity index (χ3n) is 3.31. The van der Waals surface area contributed by atoms with Gasteiger partial charge in [0.2, 0.25) is 0 Å². The first kappa shape index (κ1) is 19.8. The van der Waals surface area contributed by atoms with E-state index in [1.54, 1.807) is 24.3 Å². The van der Waals surface area contributed by atoms with Gasteiger partial charge in [-0.1, -0.05) is 39.5 Å². The molecule has 0 aliphatic heterocycles. The number of hydrogen-bond donors (Lipinski definition) is 1. The van der Waals surface area contributed by atoms with Crippen molar-refractivity contribution in [3.8, 4) is 24.2 Å². The minimum absolute atomic E-state index is 0.0545. The van der Waals surface area contributed by atoms with E-state index >= 15 is 0 Å². The van der Waals surface area contributed by atoms with Gasteiger partial charge in [0.1, 0.15) is 24.0 Å². The molecule has 1 N–H and O–H groups in total. The average Bonchev–Trinajstić information content (AvgIpc) is 2.60. The first-order valence-corrected chi connectivity index (χ1v) is 9.08. The Morgan fingerprint density at radius 3 is 2.62 bits per heavy atom. The molecule has 6 heteroatoms. The molecule has 1 amide bonds. The fraction of sp³-hybridized carbons (Fsp3) is 0.100. The molecule has 0 aliphatic carbocycles. The molecule has 4 nitrogen and oxygen atoms in total. The zero-order chi connectivity index (χ0) is 19.1. The van der Waals surface area contributed by atoms with Gasteiger partial charge >= 0.3 is 0 Å². The summed E-state index contributed by atoms with van der Waals surface area (Å²) in [4.78, 5) is 12.4. The summed E-state index contributed by atoms with van der Waals surface area (Å²) in [5.41, 5.74) is 2.19. The summed E-state index contributed by atoms with van der Waals surface area (Å²) in [6, 6.07) is 12.8. The smallest absolute Gasteiger partial charge is 0.266 e. The maximum atomic E-state index is 12.4. The molecule has 0 radical (unpaired) electrons. The molecule has 0 saturated carbocycles. The maximum Gasteiger partial charge on any atom is 0.266 e. The maximum absolute atomic E-state index is 12.4. The molecule has 0 aliphatic rings. The van der Waals surface area contributed by atoms with Crippen molar-refractivity contribution in [3.63, 3.8) is 0 Å². The molecular weight excluding hydrogens is 460 g/mol. The zero-order valence-corrected chi connectivity index (χ0v) is 17.0. The number of carbonyl (C=O) groups excluding carboxylic acids is 1. The fourth-order valence-electron chi connectivity index (χ4n) is 2.09. The van der Waals surface area contributed by atoms with Crippen LogP contribution in [0.4, 0.5) is 5.69 Å². The monoisotopic (exact) mass is 472 g/mol. The molecule has 0 atom stereocenters. The van der Waals surface area contributed by atoms with E-state index in [-0.39, 0.29) is 12.2 Å². The van der Waals surface area contributed by atoms with Crippen molar-refractivity contribution >= 4 is 49.5 Å². The highest BCUT2D eigenvalue weighted by Crippen LogP contribution is 2.34. The number of halogens is 2. The standard InChI is InChI=1S/C20H14Br2N2O2/c1-3-8-26-19-14(10-16(21)11-18(19)22)9-15(12-23)20(25)24-17-6-4-13(2)5-7-17/h1,4-7,9-11H,8H2,2H3,(H,24,25)/b15-9+. The first-order valence-electron chi connectivity index (χ1n) is 7.49. The highest BCUT2D eigenvalue weighted by molar-refractivity contribution is 9.11. The number of anilines is 1. The van der Waals surface area contributed by atoms with Gasteiger partial charge in [-0.05, 0) is 53.2 Å². The lowest BCUT2D eigenvalue weighted by Crippen LogP contribution is -2.13. The van der Waals surface area contributed by atoms with Gasteiger partial charge in [0, 0.05) is 15.7 Å². The fourth-order valence-corrected chi connectivity index (χ4v) is 3.47. The predicted molar refractivity (Wildman–Crippen MR) is 110 cm³/mol. The van der Waals surface area contributed by atoms with Crippen LogP contribution in [0.5, 0.6) is 5.75 Å². The molecule has 0 aromatic heterocycles. The van der Waals surface area contributed by atoms with E-state index in [1.807, 2.05) is 25.1 Å². The Kier molecular flexibility index (Phi) is 7.03. The minimum Gasteiger partial charge on any atom is -0.479 e. The SMILES string of the molecule is C#CCOc1c(Br)cc(Br)cc1/C=C(\C#N)C(=O)Nc1ccc(C)cc1. The summed E-state index contributed by atoms with van der Waals surface area (Å²) < 4.78 is 6.96. The molecule has 2 rings (SSSR count). The van der Waals surface area contributed by atoms with Gasteiger partial charge in [-0.25, -0.2) is 0 Å². The lowest BCUT2D eigenvalue weighted by atomic mass is 10.1. The molecule has 2 aromatic carbocycles. The van der Waals surface area contributed by atoms with Crippen molar-refractivity contribution in [2.24, 2.45) is 0 Å². The second-order valence-corrected chi connectivity index (χ2v) is 7.06. The summed E-state index contributed by atoms with van der Waals surface area (Å²) in [7, 11) is 0. The number of hydrogen-bond acceptors (Lipinski definition) is 3. The van der Waals surface area contributed by atoms with Crippen LogP contribution < -0.4 is 10.1 Å². The normalized spacial score (nSPS) is 10.6. The van der Waals surface area contributed by atoms with E-state index in [4.69, 9.17) is 11.2 Å². The largest absolute Gasteiger partial charge is 0.479 e. The quantitative estimate of drug-likeness (QED) is 0.374. The number of nitrogens with zero attached hydrogens (tertiary/aromatic N) is 1. The van der Waals surface area contributed by atoms with Gasteiger partial charge in [-0.2, -0.15) is 5.26 Å². The molecule has 0 fully saturated rings. The van der Waals surface area contributed by atoms with Crippen molar-refractivity contribution < 1.29 is 9.53 Å². The third kappa shape index (κ3) is 5.23. The van der Waals surface area contributed by atoms with E-state index in [0.717, 1.165) is 10.0 Å². The Hall–Kier alpha value is -2.54. The Morgan fingerprint density at radius 1 is 1.31 bits per heavy atom. The van der Waals surface area contributed by atoms with Crippen molar-refractivity contribution in [3.05, 3.63) is 62.0 Å². The number of amides is 1. The van der Waals surface area contributed by atoms with Crippen molar-refractivity contribution in [1.29, 1.82) is 5.26 Å². The van der Waals surface area contributed by atoms with Gasteiger partial charge in [0.25, 0.3) is 5.91 Å². The van der Waals surface area contributed by atoms with Crippen molar-refractivity contribution in [2.45, 2.75) is 6.92 Å². The Morgan fingerprint density at radius 2 is 2.00 bits per heavy atom. The molecule has 0 saturated heterocycles. The van der Waals surface area contributed by atoms with E-state index in [9.17, 15) is 10.1 Å². The molecule has 26 heavy (non-hydrogen) atoms. The number of benzene rings is 2. The van der Waals surface area contributed by atoms with Gasteiger partial charge in [-0.3, -0.25) is 4.79 Å². The van der Waals surface area contributed by atoms with Crippen LogP contribution in [0.3, 0.4) is 0 Å². The molecule has 0 heterocycles. The lowest BCUT2D eigenvalue weighted by Gasteiger charge is -2.11. The summed E-state index contributed by atoms with van der Waals surface area (Å²) in [6.45, 7) is 2.02. The number of terminal acetylenes is 1. The van der Waals surface area contributed by atoms with Crippen molar-refractivity contribution in [2.75, 3.05) is 11.9 Å². The van der Waals surface area contributed by atoms with Crippen LogP contribution >= 0.6 is 31.9 Å². The number of nitriles is 1.